The van der Waals surface area contributed by atoms with E-state index in [1.807, 2.05) is 6.07 Å². The number of rotatable bonds is 4. The van der Waals surface area contributed by atoms with Gasteiger partial charge in [-0.3, -0.25) is 5.10 Å². The summed E-state index contributed by atoms with van der Waals surface area (Å²) in [6, 6.07) is 8.68. The molecule has 0 amide bonds. The number of benzene rings is 1. The first-order chi connectivity index (χ1) is 11.2. The van der Waals surface area contributed by atoms with Crippen molar-refractivity contribution < 1.29 is 5.11 Å². The maximum absolute atomic E-state index is 9.36. The molecule has 1 aliphatic carbocycles. The van der Waals surface area contributed by atoms with E-state index in [0.717, 1.165) is 17.1 Å². The molecule has 6 nitrogen and oxygen atoms in total. The van der Waals surface area contributed by atoms with Gasteiger partial charge in [-0.2, -0.15) is 5.10 Å². The second-order valence-corrected chi connectivity index (χ2v) is 5.95. The molecule has 2 heterocycles. The highest BCUT2D eigenvalue weighted by atomic mass is 35.5. The zero-order chi connectivity index (χ0) is 15.8. The highest BCUT2D eigenvalue weighted by Gasteiger charge is 2.26. The van der Waals surface area contributed by atoms with Crippen LogP contribution in [0.5, 0.6) is 5.75 Å². The number of halogens is 1. The highest BCUT2D eigenvalue weighted by molar-refractivity contribution is 6.32. The van der Waals surface area contributed by atoms with E-state index in [0.29, 0.717) is 22.6 Å². The Kier molecular flexibility index (Phi) is 3.38. The van der Waals surface area contributed by atoms with Crippen molar-refractivity contribution in [2.24, 2.45) is 0 Å². The summed E-state index contributed by atoms with van der Waals surface area (Å²) < 4.78 is 0. The van der Waals surface area contributed by atoms with Crippen LogP contribution in [0.1, 0.15) is 24.5 Å². The first-order valence-electron chi connectivity index (χ1n) is 7.33. The third-order valence-electron chi connectivity index (χ3n) is 3.72. The van der Waals surface area contributed by atoms with Crippen molar-refractivity contribution in [2.75, 3.05) is 5.32 Å². The Bertz CT molecular complexity index is 842. The average molecular weight is 328 g/mol. The second-order valence-electron chi connectivity index (χ2n) is 5.54. The minimum atomic E-state index is 0.200. The number of aromatic amines is 1. The molecule has 116 valence electrons. The van der Waals surface area contributed by atoms with Gasteiger partial charge in [0.25, 0.3) is 0 Å². The van der Waals surface area contributed by atoms with Gasteiger partial charge in [-0.05, 0) is 37.1 Å². The van der Waals surface area contributed by atoms with Crippen molar-refractivity contribution in [1.82, 2.24) is 20.2 Å². The number of hydrogen-bond acceptors (Lipinski definition) is 5. The summed E-state index contributed by atoms with van der Waals surface area (Å²) in [5.41, 5.74) is 1.86. The van der Waals surface area contributed by atoms with Crippen LogP contribution in [0.15, 0.2) is 36.5 Å². The molecule has 1 aliphatic rings. The van der Waals surface area contributed by atoms with Crippen molar-refractivity contribution in [3.63, 3.8) is 0 Å². The Hall–Kier alpha value is -2.60. The summed E-state index contributed by atoms with van der Waals surface area (Å²) in [6.07, 6.45) is 3.95. The van der Waals surface area contributed by atoms with Gasteiger partial charge < -0.3 is 10.4 Å². The van der Waals surface area contributed by atoms with Crippen molar-refractivity contribution in [3.8, 4) is 17.1 Å². The number of anilines is 2. The molecule has 1 saturated carbocycles. The quantitative estimate of drug-likeness (QED) is 0.677. The summed E-state index contributed by atoms with van der Waals surface area (Å²) in [4.78, 5) is 8.69. The van der Waals surface area contributed by atoms with E-state index in [2.05, 4.69) is 25.5 Å². The van der Waals surface area contributed by atoms with Crippen molar-refractivity contribution >= 4 is 23.2 Å². The molecule has 1 fully saturated rings. The molecule has 2 aromatic heterocycles. The monoisotopic (exact) mass is 327 g/mol. The Morgan fingerprint density at radius 1 is 1.22 bits per heavy atom. The number of aromatic hydroxyl groups is 1. The van der Waals surface area contributed by atoms with Crippen molar-refractivity contribution in [1.29, 1.82) is 0 Å². The summed E-state index contributed by atoms with van der Waals surface area (Å²) in [6.45, 7) is 0. The van der Waals surface area contributed by atoms with Gasteiger partial charge in [-0.25, -0.2) is 9.97 Å². The van der Waals surface area contributed by atoms with E-state index in [1.165, 1.54) is 12.8 Å². The fraction of sp³-hybridized carbons (Fsp3) is 0.188. The molecule has 0 bridgehead atoms. The van der Waals surface area contributed by atoms with E-state index < -0.39 is 0 Å². The number of H-pyrrole nitrogens is 1. The molecule has 3 aromatic rings. The van der Waals surface area contributed by atoms with Crippen LogP contribution in [-0.2, 0) is 0 Å². The molecule has 0 saturated heterocycles. The second kappa shape index (κ2) is 5.55. The average Bonchev–Trinajstić information content (AvgIpc) is 3.30. The highest BCUT2D eigenvalue weighted by Crippen LogP contribution is 2.39. The molecule has 0 atom stereocenters. The van der Waals surface area contributed by atoms with Crippen LogP contribution in [-0.4, -0.2) is 25.3 Å². The summed E-state index contributed by atoms with van der Waals surface area (Å²) in [5, 5.41) is 20.2. The maximum atomic E-state index is 9.36. The number of hydrogen-bond donors (Lipinski definition) is 3. The molecular formula is C16H14ClN5O. The minimum absolute atomic E-state index is 0.200. The van der Waals surface area contributed by atoms with E-state index in [-0.39, 0.29) is 5.75 Å². The van der Waals surface area contributed by atoms with Crippen LogP contribution in [0.2, 0.25) is 5.02 Å². The standard InChI is InChI=1S/C16H14ClN5O/c17-12-8-18-15(10-3-5-11(23)6-4-10)20-16(12)19-14-7-13(21-22-14)9-1-2-9/h3-9,23H,1-2H2,(H2,18,19,20,21,22). The molecule has 0 spiro atoms. The lowest BCUT2D eigenvalue weighted by Crippen LogP contribution is -1.98. The molecular weight excluding hydrogens is 314 g/mol. The first-order valence-corrected chi connectivity index (χ1v) is 7.71. The topological polar surface area (TPSA) is 86.7 Å². The maximum Gasteiger partial charge on any atom is 0.161 e. The lowest BCUT2D eigenvalue weighted by Gasteiger charge is -2.07. The normalized spacial score (nSPS) is 14.0. The lowest BCUT2D eigenvalue weighted by molar-refractivity contribution is 0.475. The number of aromatic nitrogens is 4. The van der Waals surface area contributed by atoms with Crippen LogP contribution < -0.4 is 5.32 Å². The van der Waals surface area contributed by atoms with Crippen LogP contribution in [0.4, 0.5) is 11.6 Å². The number of phenols is 1. The van der Waals surface area contributed by atoms with Gasteiger partial charge in [0.15, 0.2) is 11.6 Å². The predicted octanol–water partition coefficient (Wildman–Crippen LogP) is 3.85. The third kappa shape index (κ3) is 2.98. The Balaban J connectivity index is 1.61. The summed E-state index contributed by atoms with van der Waals surface area (Å²) in [7, 11) is 0. The minimum Gasteiger partial charge on any atom is -0.508 e. The zero-order valence-electron chi connectivity index (χ0n) is 12.1. The van der Waals surface area contributed by atoms with E-state index >= 15 is 0 Å². The Morgan fingerprint density at radius 3 is 2.74 bits per heavy atom. The van der Waals surface area contributed by atoms with Crippen molar-refractivity contribution in [3.05, 3.63) is 47.2 Å². The van der Waals surface area contributed by atoms with E-state index in [1.54, 1.807) is 30.5 Å². The van der Waals surface area contributed by atoms with Crippen LogP contribution in [0, 0.1) is 0 Å². The van der Waals surface area contributed by atoms with Gasteiger partial charge in [-0.15, -0.1) is 0 Å². The van der Waals surface area contributed by atoms with Gasteiger partial charge in [0, 0.05) is 17.5 Å². The van der Waals surface area contributed by atoms with Gasteiger partial charge in [0.05, 0.1) is 11.9 Å². The predicted molar refractivity (Wildman–Crippen MR) is 88.0 cm³/mol. The molecule has 4 rings (SSSR count). The summed E-state index contributed by atoms with van der Waals surface area (Å²) in [5.74, 6) is 2.57. The molecule has 3 N–H and O–H groups in total. The Labute approximate surface area is 137 Å². The van der Waals surface area contributed by atoms with Gasteiger partial charge in [0.1, 0.15) is 16.6 Å². The molecule has 0 aliphatic heterocycles. The molecule has 7 heteroatoms. The fourth-order valence-corrected chi connectivity index (χ4v) is 2.46. The third-order valence-corrected chi connectivity index (χ3v) is 3.99. The largest absolute Gasteiger partial charge is 0.508 e. The Morgan fingerprint density at radius 2 is 2.00 bits per heavy atom. The van der Waals surface area contributed by atoms with Gasteiger partial charge in [-0.1, -0.05) is 11.6 Å². The van der Waals surface area contributed by atoms with Gasteiger partial charge >= 0.3 is 0 Å². The first kappa shape index (κ1) is 14.0. The molecule has 1 aromatic carbocycles. The van der Waals surface area contributed by atoms with E-state index in [9.17, 15) is 5.11 Å². The molecule has 23 heavy (non-hydrogen) atoms. The van der Waals surface area contributed by atoms with Crippen molar-refractivity contribution in [2.45, 2.75) is 18.8 Å². The summed E-state index contributed by atoms with van der Waals surface area (Å²) >= 11 is 6.18. The fourth-order valence-electron chi connectivity index (χ4n) is 2.32. The van der Waals surface area contributed by atoms with Crippen LogP contribution >= 0.6 is 11.6 Å². The molecule has 0 radical (unpaired) electrons. The van der Waals surface area contributed by atoms with E-state index in [4.69, 9.17) is 11.6 Å². The zero-order valence-corrected chi connectivity index (χ0v) is 12.9. The lowest BCUT2D eigenvalue weighted by atomic mass is 10.2. The SMILES string of the molecule is Oc1ccc(-c2ncc(Cl)c(Nc3cc(C4CC4)n[nH]3)n2)cc1. The number of nitrogens with zero attached hydrogens (tertiary/aromatic N) is 3. The smallest absolute Gasteiger partial charge is 0.161 e. The number of nitrogens with one attached hydrogen (secondary N) is 2. The molecule has 0 unspecified atom stereocenters. The van der Waals surface area contributed by atoms with Gasteiger partial charge in [0.2, 0.25) is 0 Å². The van der Waals surface area contributed by atoms with Crippen LogP contribution in [0.25, 0.3) is 11.4 Å². The number of phenolic OH excluding ortho intramolecular Hbond substituents is 1. The van der Waals surface area contributed by atoms with Crippen LogP contribution in [0.3, 0.4) is 0 Å².